The van der Waals surface area contributed by atoms with Crippen LogP contribution in [-0.2, 0) is 5.41 Å². The van der Waals surface area contributed by atoms with E-state index in [1.807, 2.05) is 6.20 Å². The van der Waals surface area contributed by atoms with Crippen molar-refractivity contribution in [3.8, 4) is 5.88 Å². The van der Waals surface area contributed by atoms with Gasteiger partial charge < -0.3 is 4.74 Å². The van der Waals surface area contributed by atoms with Crippen LogP contribution in [0.15, 0.2) is 18.3 Å². The van der Waals surface area contributed by atoms with Gasteiger partial charge in [0.2, 0.25) is 5.88 Å². The molecule has 2 nitrogen and oxygen atoms in total. The predicted molar refractivity (Wildman–Crippen MR) is 75.0 cm³/mol. The fourth-order valence-corrected chi connectivity index (χ4v) is 2.51. The third-order valence-corrected chi connectivity index (χ3v) is 3.79. The number of nitrogens with zero attached hydrogens (tertiary/aromatic N) is 1. The summed E-state index contributed by atoms with van der Waals surface area (Å²) in [5.41, 5.74) is 1.45. The number of pyridine rings is 1. The Hall–Kier alpha value is -1.05. The molecular weight excluding hydrogens is 222 g/mol. The van der Waals surface area contributed by atoms with Gasteiger partial charge in [-0.15, -0.1) is 0 Å². The molecule has 1 aromatic heterocycles. The zero-order valence-corrected chi connectivity index (χ0v) is 11.9. The molecule has 100 valence electrons. The van der Waals surface area contributed by atoms with Crippen LogP contribution >= 0.6 is 0 Å². The monoisotopic (exact) mass is 247 g/mol. The van der Waals surface area contributed by atoms with E-state index in [9.17, 15) is 0 Å². The van der Waals surface area contributed by atoms with Crippen LogP contribution in [0.4, 0.5) is 0 Å². The zero-order valence-electron chi connectivity index (χ0n) is 11.9. The molecule has 0 N–H and O–H groups in total. The van der Waals surface area contributed by atoms with E-state index in [2.05, 4.69) is 37.9 Å². The van der Waals surface area contributed by atoms with Crippen LogP contribution in [-0.4, -0.2) is 11.6 Å². The molecule has 0 aliphatic heterocycles. The van der Waals surface area contributed by atoms with Crippen LogP contribution < -0.4 is 4.74 Å². The molecule has 0 aromatic carbocycles. The predicted octanol–water partition coefficient (Wildman–Crippen LogP) is 4.34. The highest BCUT2D eigenvalue weighted by atomic mass is 16.5. The van der Waals surface area contributed by atoms with Crippen molar-refractivity contribution in [3.05, 3.63) is 23.9 Å². The van der Waals surface area contributed by atoms with Crippen LogP contribution in [0.3, 0.4) is 0 Å². The quantitative estimate of drug-likeness (QED) is 0.792. The van der Waals surface area contributed by atoms with Crippen molar-refractivity contribution in [1.29, 1.82) is 0 Å². The number of hydrogen-bond donors (Lipinski definition) is 0. The lowest BCUT2D eigenvalue weighted by molar-refractivity contribution is 0.202. The second kappa shape index (κ2) is 5.73. The maximum absolute atomic E-state index is 5.87. The molecule has 0 atom stereocenters. The van der Waals surface area contributed by atoms with E-state index in [1.54, 1.807) is 0 Å². The molecule has 0 amide bonds. The van der Waals surface area contributed by atoms with Crippen molar-refractivity contribution in [3.63, 3.8) is 0 Å². The molecule has 1 saturated carbocycles. The van der Waals surface area contributed by atoms with Gasteiger partial charge in [0.1, 0.15) is 0 Å². The fourth-order valence-electron chi connectivity index (χ4n) is 2.51. The van der Waals surface area contributed by atoms with Gasteiger partial charge in [-0.1, -0.05) is 40.0 Å². The fraction of sp³-hybridized carbons (Fsp3) is 0.688. The van der Waals surface area contributed by atoms with E-state index in [0.717, 1.165) is 18.4 Å². The summed E-state index contributed by atoms with van der Waals surface area (Å²) in [4.78, 5) is 4.32. The third-order valence-electron chi connectivity index (χ3n) is 3.79. The molecule has 1 aromatic rings. The Balaban J connectivity index is 1.92. The molecule has 0 spiro atoms. The SMILES string of the molecule is CC(C)(C)c1ccnc(OCC2CCCCC2)c1. The Morgan fingerprint density at radius 3 is 2.61 bits per heavy atom. The van der Waals surface area contributed by atoms with Crippen LogP contribution in [0.2, 0.25) is 0 Å². The minimum atomic E-state index is 0.159. The second-order valence-electron chi connectivity index (χ2n) is 6.45. The first-order chi connectivity index (χ1) is 8.55. The molecule has 0 radical (unpaired) electrons. The first-order valence-electron chi connectivity index (χ1n) is 7.15. The van der Waals surface area contributed by atoms with Gasteiger partial charge in [-0.2, -0.15) is 0 Å². The van der Waals surface area contributed by atoms with Crippen LogP contribution in [0.25, 0.3) is 0 Å². The minimum Gasteiger partial charge on any atom is -0.477 e. The summed E-state index contributed by atoms with van der Waals surface area (Å²) in [7, 11) is 0. The molecule has 2 heteroatoms. The third kappa shape index (κ3) is 3.72. The van der Waals surface area contributed by atoms with Crippen molar-refractivity contribution in [1.82, 2.24) is 4.98 Å². The highest BCUT2D eigenvalue weighted by Gasteiger charge is 2.16. The molecule has 2 rings (SSSR count). The standard InChI is InChI=1S/C16H25NO/c1-16(2,3)14-9-10-17-15(11-14)18-12-13-7-5-4-6-8-13/h9-11,13H,4-8,12H2,1-3H3. The lowest BCUT2D eigenvalue weighted by atomic mass is 9.88. The van der Waals surface area contributed by atoms with Crippen molar-refractivity contribution in [2.75, 3.05) is 6.61 Å². The lowest BCUT2D eigenvalue weighted by Gasteiger charge is -2.22. The van der Waals surface area contributed by atoms with Crippen molar-refractivity contribution in [2.24, 2.45) is 5.92 Å². The van der Waals surface area contributed by atoms with Crippen molar-refractivity contribution >= 4 is 0 Å². The van der Waals surface area contributed by atoms with Gasteiger partial charge in [-0.05, 0) is 35.8 Å². The van der Waals surface area contributed by atoms with Gasteiger partial charge in [0.05, 0.1) is 6.61 Å². The molecule has 0 saturated heterocycles. The molecule has 1 heterocycles. The Morgan fingerprint density at radius 1 is 1.22 bits per heavy atom. The largest absolute Gasteiger partial charge is 0.477 e. The summed E-state index contributed by atoms with van der Waals surface area (Å²) in [6.45, 7) is 7.48. The molecule has 1 aliphatic rings. The second-order valence-corrected chi connectivity index (χ2v) is 6.45. The molecule has 0 unspecified atom stereocenters. The van der Waals surface area contributed by atoms with E-state index in [1.165, 1.54) is 37.7 Å². The summed E-state index contributed by atoms with van der Waals surface area (Å²) in [6, 6.07) is 4.16. The summed E-state index contributed by atoms with van der Waals surface area (Å²) in [6.07, 6.45) is 8.62. The average Bonchev–Trinajstić information content (AvgIpc) is 2.37. The van der Waals surface area contributed by atoms with E-state index >= 15 is 0 Å². The van der Waals surface area contributed by atoms with Gasteiger partial charge in [0.25, 0.3) is 0 Å². The summed E-state index contributed by atoms with van der Waals surface area (Å²) in [5.74, 6) is 1.52. The first-order valence-corrected chi connectivity index (χ1v) is 7.15. The molecule has 1 aliphatic carbocycles. The summed E-state index contributed by atoms with van der Waals surface area (Å²) in [5, 5.41) is 0. The smallest absolute Gasteiger partial charge is 0.213 e. The van der Waals surface area contributed by atoms with Crippen molar-refractivity contribution in [2.45, 2.75) is 58.3 Å². The normalized spacial score (nSPS) is 17.7. The maximum Gasteiger partial charge on any atom is 0.213 e. The molecule has 18 heavy (non-hydrogen) atoms. The number of rotatable bonds is 3. The number of hydrogen-bond acceptors (Lipinski definition) is 2. The van der Waals surface area contributed by atoms with Gasteiger partial charge in [0.15, 0.2) is 0 Å². The lowest BCUT2D eigenvalue weighted by Crippen LogP contribution is -2.16. The molecular formula is C16H25NO. The van der Waals surface area contributed by atoms with E-state index in [0.29, 0.717) is 0 Å². The molecule has 1 fully saturated rings. The highest BCUT2D eigenvalue weighted by molar-refractivity contribution is 5.26. The number of aromatic nitrogens is 1. The Labute approximate surface area is 111 Å². The minimum absolute atomic E-state index is 0.159. The van der Waals surface area contributed by atoms with Crippen LogP contribution in [0.1, 0.15) is 58.4 Å². The van der Waals surface area contributed by atoms with E-state index < -0.39 is 0 Å². The Morgan fingerprint density at radius 2 is 1.94 bits per heavy atom. The first kappa shape index (κ1) is 13.4. The zero-order chi connectivity index (χ0) is 13.0. The van der Waals surface area contributed by atoms with Gasteiger partial charge >= 0.3 is 0 Å². The van der Waals surface area contributed by atoms with Crippen LogP contribution in [0, 0.1) is 5.92 Å². The topological polar surface area (TPSA) is 22.1 Å². The van der Waals surface area contributed by atoms with Crippen LogP contribution in [0.5, 0.6) is 5.88 Å². The van der Waals surface area contributed by atoms with Gasteiger partial charge in [-0.3, -0.25) is 0 Å². The maximum atomic E-state index is 5.87. The van der Waals surface area contributed by atoms with Gasteiger partial charge in [0, 0.05) is 12.3 Å². The van der Waals surface area contributed by atoms with E-state index in [4.69, 9.17) is 4.74 Å². The average molecular weight is 247 g/mol. The number of ether oxygens (including phenoxy) is 1. The van der Waals surface area contributed by atoms with E-state index in [-0.39, 0.29) is 5.41 Å². The summed E-state index contributed by atoms with van der Waals surface area (Å²) >= 11 is 0. The molecule has 0 bridgehead atoms. The van der Waals surface area contributed by atoms with Gasteiger partial charge in [-0.25, -0.2) is 4.98 Å². The Kier molecular flexibility index (Phi) is 4.26. The summed E-state index contributed by atoms with van der Waals surface area (Å²) < 4.78 is 5.87. The Bertz CT molecular complexity index is 375. The van der Waals surface area contributed by atoms with Crippen molar-refractivity contribution < 1.29 is 4.74 Å². The highest BCUT2D eigenvalue weighted by Crippen LogP contribution is 2.26.